The summed E-state index contributed by atoms with van der Waals surface area (Å²) < 4.78 is 26.7. The van der Waals surface area contributed by atoms with Crippen LogP contribution in [0, 0.1) is 0 Å². The maximum absolute atomic E-state index is 15.4. The highest BCUT2D eigenvalue weighted by molar-refractivity contribution is 6.18. The van der Waals surface area contributed by atoms with Crippen molar-refractivity contribution in [2.75, 3.05) is 5.88 Å². The molecule has 9 heteroatoms. The molecule has 4 atom stereocenters. The minimum atomic E-state index is -1.72. The van der Waals surface area contributed by atoms with Crippen molar-refractivity contribution in [2.24, 2.45) is 10.7 Å². The molecule has 2 aliphatic heterocycles. The van der Waals surface area contributed by atoms with Gasteiger partial charge in [0, 0.05) is 25.5 Å². The van der Waals surface area contributed by atoms with Crippen LogP contribution in [0.1, 0.15) is 39.5 Å². The lowest BCUT2D eigenvalue weighted by Crippen LogP contribution is -2.47. The first kappa shape index (κ1) is 21.4. The second-order valence-electron chi connectivity index (χ2n) is 6.48. The lowest BCUT2D eigenvalue weighted by Gasteiger charge is -2.33. The van der Waals surface area contributed by atoms with Crippen molar-refractivity contribution < 1.29 is 23.5 Å². The van der Waals surface area contributed by atoms with E-state index in [9.17, 15) is 9.59 Å². The van der Waals surface area contributed by atoms with E-state index in [4.69, 9.17) is 26.8 Å². The second-order valence-corrected chi connectivity index (χ2v) is 6.75. The quantitative estimate of drug-likeness (QED) is 0.495. The normalized spacial score (nSPS) is 30.4. The highest BCUT2D eigenvalue weighted by atomic mass is 35.5. The Bertz CT molecular complexity index is 669. The zero-order valence-electron chi connectivity index (χ0n) is 15.5. The van der Waals surface area contributed by atoms with Crippen LogP contribution in [-0.4, -0.2) is 52.5 Å². The highest BCUT2D eigenvalue weighted by Crippen LogP contribution is 2.42. The van der Waals surface area contributed by atoms with Crippen LogP contribution in [0.25, 0.3) is 0 Å². The van der Waals surface area contributed by atoms with Gasteiger partial charge in [-0.3, -0.25) is 9.59 Å². The highest BCUT2D eigenvalue weighted by Gasteiger charge is 2.59. The first-order valence-corrected chi connectivity index (χ1v) is 9.40. The molecule has 27 heavy (non-hydrogen) atoms. The van der Waals surface area contributed by atoms with E-state index in [1.165, 1.54) is 17.2 Å². The number of esters is 1. The number of ketones is 1. The Labute approximate surface area is 163 Å². The summed E-state index contributed by atoms with van der Waals surface area (Å²) in [6.45, 7) is 7.11. The van der Waals surface area contributed by atoms with Crippen LogP contribution in [0.4, 0.5) is 4.39 Å². The van der Waals surface area contributed by atoms with Crippen LogP contribution in [0.3, 0.4) is 0 Å². The van der Waals surface area contributed by atoms with Crippen molar-refractivity contribution in [1.82, 2.24) is 4.90 Å². The van der Waals surface area contributed by atoms with Gasteiger partial charge in [-0.1, -0.05) is 20.4 Å². The molecule has 0 amide bonds. The van der Waals surface area contributed by atoms with Gasteiger partial charge in [0.25, 0.3) is 0 Å². The van der Waals surface area contributed by atoms with Crippen LogP contribution in [0.5, 0.6) is 0 Å². The minimum Gasteiger partial charge on any atom is -0.456 e. The number of halogens is 2. The topological polar surface area (TPSA) is 94.2 Å². The molecule has 0 spiro atoms. The molecule has 0 aliphatic carbocycles. The number of rotatable bonds is 8. The Morgan fingerprint density at radius 2 is 2.19 bits per heavy atom. The maximum Gasteiger partial charge on any atom is 0.305 e. The Morgan fingerprint density at radius 3 is 2.74 bits per heavy atom. The van der Waals surface area contributed by atoms with Gasteiger partial charge in [-0.25, -0.2) is 9.38 Å². The lowest BCUT2D eigenvalue weighted by molar-refractivity contribution is -0.161. The van der Waals surface area contributed by atoms with Crippen molar-refractivity contribution >= 4 is 29.2 Å². The fourth-order valence-corrected chi connectivity index (χ4v) is 3.39. The summed E-state index contributed by atoms with van der Waals surface area (Å²) in [5.41, 5.74) is 4.29. The van der Waals surface area contributed by atoms with Gasteiger partial charge in [0.2, 0.25) is 0 Å². The van der Waals surface area contributed by atoms with Crippen LogP contribution in [0.2, 0.25) is 0 Å². The monoisotopic (exact) mass is 401 g/mol. The van der Waals surface area contributed by atoms with Crippen molar-refractivity contribution in [1.29, 1.82) is 0 Å². The third-order valence-electron chi connectivity index (χ3n) is 4.67. The molecule has 0 bridgehead atoms. The van der Waals surface area contributed by atoms with E-state index in [1.807, 2.05) is 0 Å². The summed E-state index contributed by atoms with van der Waals surface area (Å²) in [5, 5.41) is 0. The number of carbonyl (C=O) groups is 2. The van der Waals surface area contributed by atoms with E-state index in [2.05, 4.69) is 11.6 Å². The van der Waals surface area contributed by atoms with Crippen molar-refractivity contribution in [3.8, 4) is 0 Å². The lowest BCUT2D eigenvalue weighted by atomic mass is 9.90. The van der Waals surface area contributed by atoms with Crippen molar-refractivity contribution in [3.05, 3.63) is 24.7 Å². The molecule has 0 unspecified atom stereocenters. The Hall–Kier alpha value is -1.93. The third-order valence-corrected chi connectivity index (χ3v) is 5.12. The predicted molar refractivity (Wildman–Crippen MR) is 99.7 cm³/mol. The van der Waals surface area contributed by atoms with Crippen LogP contribution in [0.15, 0.2) is 29.7 Å². The summed E-state index contributed by atoms with van der Waals surface area (Å²) in [6.07, 6.45) is -0.426. The molecule has 1 saturated heterocycles. The van der Waals surface area contributed by atoms with Crippen LogP contribution >= 0.6 is 11.6 Å². The van der Waals surface area contributed by atoms with E-state index in [0.29, 0.717) is 6.42 Å². The molecule has 2 heterocycles. The maximum atomic E-state index is 15.4. The molecule has 0 aromatic heterocycles. The molecule has 0 saturated carbocycles. The molecular weight excluding hydrogens is 377 g/mol. The first-order valence-electron chi connectivity index (χ1n) is 8.86. The van der Waals surface area contributed by atoms with E-state index >= 15 is 4.39 Å². The summed E-state index contributed by atoms with van der Waals surface area (Å²) in [6, 6.07) is 0. The Kier molecular flexibility index (Phi) is 7.00. The average Bonchev–Trinajstić information content (AvgIpc) is 2.92. The summed E-state index contributed by atoms with van der Waals surface area (Å²) in [7, 11) is 0. The van der Waals surface area contributed by atoms with E-state index < -0.39 is 30.1 Å². The Morgan fingerprint density at radius 1 is 1.48 bits per heavy atom. The molecule has 2 aliphatic rings. The van der Waals surface area contributed by atoms with Crippen LogP contribution in [-0.2, 0) is 19.1 Å². The number of nitrogens with two attached hydrogens (primary N) is 1. The molecule has 150 valence electrons. The number of alkyl halides is 2. The number of hydrogen-bond donors (Lipinski definition) is 1. The number of aliphatic imine (C=N–C) groups is 1. The number of ether oxygens (including phenoxy) is 2. The molecule has 0 aromatic carbocycles. The molecule has 0 aromatic rings. The van der Waals surface area contributed by atoms with Gasteiger partial charge in [-0.15, -0.1) is 11.6 Å². The van der Waals surface area contributed by atoms with E-state index in [0.717, 1.165) is 0 Å². The molecule has 2 N–H and O–H groups in total. The van der Waals surface area contributed by atoms with E-state index in [1.54, 1.807) is 13.8 Å². The molecule has 0 radical (unpaired) electrons. The molecule has 7 nitrogen and oxygen atoms in total. The van der Waals surface area contributed by atoms with Gasteiger partial charge in [-0.05, 0) is 12.5 Å². The standard InChI is InChI=1S/C18H25ClFN3O4/c1-4-12(24)6-8-18(10-19)16(26-14(25)5-2)15(20)17(27-18)23-9-7-13(21)22-11(23)3/h7,9,15-17H,3-6,8,10H2,1-2H3,(H2,21,22)/t15-,16+,17-,18+/m1/s1. The van der Waals surface area contributed by atoms with Crippen molar-refractivity contribution in [3.63, 3.8) is 0 Å². The summed E-state index contributed by atoms with van der Waals surface area (Å²) in [5.74, 6) is -0.299. The average molecular weight is 402 g/mol. The smallest absolute Gasteiger partial charge is 0.305 e. The fourth-order valence-electron chi connectivity index (χ4n) is 3.04. The number of carbonyl (C=O) groups excluding carboxylic acids is 2. The molecule has 2 rings (SSSR count). The van der Waals surface area contributed by atoms with Gasteiger partial charge in [0.05, 0.1) is 5.88 Å². The summed E-state index contributed by atoms with van der Waals surface area (Å²) >= 11 is 6.14. The summed E-state index contributed by atoms with van der Waals surface area (Å²) in [4.78, 5) is 29.0. The first-order chi connectivity index (χ1) is 12.8. The molecular formula is C18H25ClFN3O4. The third kappa shape index (κ3) is 4.50. The van der Waals surface area contributed by atoms with Crippen LogP contribution < -0.4 is 5.73 Å². The SMILES string of the molecule is C=C1N=C(N)C=CN1[C@@H]1O[C@](CCl)(CCC(=O)CC)[C@@H](OC(=O)CC)[C@H]1F. The van der Waals surface area contributed by atoms with Crippen molar-refractivity contribution in [2.45, 2.75) is 63.6 Å². The zero-order chi connectivity index (χ0) is 20.2. The minimum absolute atomic E-state index is 0.0119. The number of hydrogen-bond acceptors (Lipinski definition) is 7. The zero-order valence-corrected chi connectivity index (χ0v) is 16.2. The van der Waals surface area contributed by atoms with Gasteiger partial charge in [-0.2, -0.15) is 0 Å². The van der Waals surface area contributed by atoms with Gasteiger partial charge < -0.3 is 20.1 Å². The predicted octanol–water partition coefficient (Wildman–Crippen LogP) is 2.40. The molecule has 1 fully saturated rings. The Balaban J connectivity index is 2.31. The number of amidine groups is 1. The second kappa shape index (κ2) is 8.84. The van der Waals surface area contributed by atoms with Gasteiger partial charge in [0.1, 0.15) is 23.0 Å². The fraction of sp³-hybridized carbons (Fsp3) is 0.611. The largest absolute Gasteiger partial charge is 0.456 e. The van der Waals surface area contributed by atoms with E-state index in [-0.39, 0.29) is 42.6 Å². The van der Waals surface area contributed by atoms with Gasteiger partial charge in [0.15, 0.2) is 18.5 Å². The number of nitrogens with zero attached hydrogens (tertiary/aromatic N) is 2. The van der Waals surface area contributed by atoms with Gasteiger partial charge >= 0.3 is 5.97 Å². The number of Topliss-reactive ketones (excluding diaryl/α,β-unsaturated/α-hetero) is 1.